The van der Waals surface area contributed by atoms with Gasteiger partial charge in [0.2, 0.25) is 0 Å². The van der Waals surface area contributed by atoms with Crippen LogP contribution < -0.4 is 5.73 Å². The Bertz CT molecular complexity index is 457. The number of nitrogens with two attached hydrogens (primary N) is 1. The Morgan fingerprint density at radius 2 is 1.84 bits per heavy atom. The molecule has 0 unspecified atom stereocenters. The number of rotatable bonds is 7. The second-order valence-corrected chi connectivity index (χ2v) is 3.93. The molecule has 0 saturated heterocycles. The van der Waals surface area contributed by atoms with Crippen LogP contribution >= 0.6 is 0 Å². The number of carbonyl (C=O) groups is 3. The van der Waals surface area contributed by atoms with Crippen molar-refractivity contribution in [2.75, 3.05) is 6.61 Å². The third-order valence-electron chi connectivity index (χ3n) is 2.44. The molecule has 6 heteroatoms. The van der Waals surface area contributed by atoms with Crippen molar-refractivity contribution in [2.24, 2.45) is 5.73 Å². The number of carboxylic acids is 1. The van der Waals surface area contributed by atoms with Gasteiger partial charge in [0.05, 0.1) is 0 Å². The van der Waals surface area contributed by atoms with Crippen molar-refractivity contribution < 1.29 is 24.2 Å². The molecule has 0 radical (unpaired) electrons. The normalized spacial score (nSPS) is 11.6. The zero-order valence-corrected chi connectivity index (χ0v) is 10.2. The summed E-state index contributed by atoms with van der Waals surface area (Å²) in [5.41, 5.74) is 5.69. The van der Waals surface area contributed by atoms with Crippen LogP contribution in [-0.4, -0.2) is 35.5 Å². The minimum Gasteiger partial charge on any atom is -0.480 e. The number of hydrogen-bond donors (Lipinski definition) is 2. The summed E-state index contributed by atoms with van der Waals surface area (Å²) in [6.45, 7) is -0.356. The summed E-state index contributed by atoms with van der Waals surface area (Å²) >= 11 is 0. The summed E-state index contributed by atoms with van der Waals surface area (Å²) in [6.07, 6.45) is -0.150. The predicted octanol–water partition coefficient (Wildman–Crippen LogP) is 0.605. The lowest BCUT2D eigenvalue weighted by Crippen LogP contribution is -2.30. The fourth-order valence-corrected chi connectivity index (χ4v) is 1.32. The maximum Gasteiger partial charge on any atom is 0.320 e. The van der Waals surface area contributed by atoms with Gasteiger partial charge in [-0.2, -0.15) is 0 Å². The standard InChI is InChI=1S/C13H15NO5/c14-10(13(17)18)6-7-12(16)19-8-11(15)9-4-2-1-3-5-9/h1-5,10H,6-8,14H2,(H,17,18)/t10-/m0/s1. The molecule has 102 valence electrons. The van der Waals surface area contributed by atoms with Gasteiger partial charge < -0.3 is 15.6 Å². The summed E-state index contributed by atoms with van der Waals surface area (Å²) in [5.74, 6) is -2.12. The van der Waals surface area contributed by atoms with E-state index < -0.39 is 18.0 Å². The molecule has 0 aliphatic carbocycles. The number of aliphatic carboxylic acids is 1. The maximum atomic E-state index is 11.6. The molecule has 19 heavy (non-hydrogen) atoms. The first-order chi connectivity index (χ1) is 9.00. The lowest BCUT2D eigenvalue weighted by molar-refractivity contribution is -0.143. The highest BCUT2D eigenvalue weighted by molar-refractivity contribution is 5.97. The number of ether oxygens (including phenoxy) is 1. The molecule has 6 nitrogen and oxygen atoms in total. The van der Waals surface area contributed by atoms with Gasteiger partial charge in [0, 0.05) is 12.0 Å². The quantitative estimate of drug-likeness (QED) is 0.552. The Labute approximate surface area is 110 Å². The van der Waals surface area contributed by atoms with Crippen LogP contribution in [0.4, 0.5) is 0 Å². The van der Waals surface area contributed by atoms with Gasteiger partial charge in [0.25, 0.3) is 0 Å². The number of carbonyl (C=O) groups excluding carboxylic acids is 2. The van der Waals surface area contributed by atoms with E-state index in [-0.39, 0.29) is 25.2 Å². The van der Waals surface area contributed by atoms with Crippen LogP contribution in [0.25, 0.3) is 0 Å². The zero-order chi connectivity index (χ0) is 14.3. The monoisotopic (exact) mass is 265 g/mol. The molecule has 0 aliphatic heterocycles. The fourth-order valence-electron chi connectivity index (χ4n) is 1.32. The van der Waals surface area contributed by atoms with Gasteiger partial charge in [-0.1, -0.05) is 30.3 Å². The highest BCUT2D eigenvalue weighted by Gasteiger charge is 2.15. The average molecular weight is 265 g/mol. The Morgan fingerprint density at radius 1 is 1.21 bits per heavy atom. The van der Waals surface area contributed by atoms with E-state index in [9.17, 15) is 14.4 Å². The third-order valence-corrected chi connectivity index (χ3v) is 2.44. The second-order valence-electron chi connectivity index (χ2n) is 3.93. The van der Waals surface area contributed by atoms with Crippen LogP contribution in [0.2, 0.25) is 0 Å². The lowest BCUT2D eigenvalue weighted by Gasteiger charge is -2.06. The SMILES string of the molecule is N[C@@H](CCC(=O)OCC(=O)c1ccccc1)C(=O)O. The summed E-state index contributed by atoms with van der Waals surface area (Å²) in [6, 6.07) is 7.34. The molecule has 3 N–H and O–H groups in total. The fraction of sp³-hybridized carbons (Fsp3) is 0.308. The van der Waals surface area contributed by atoms with Crippen molar-refractivity contribution in [3.05, 3.63) is 35.9 Å². The van der Waals surface area contributed by atoms with Gasteiger partial charge in [-0.3, -0.25) is 14.4 Å². The second kappa shape index (κ2) is 7.27. The molecule has 1 aromatic rings. The summed E-state index contributed by atoms with van der Waals surface area (Å²) < 4.78 is 4.75. The number of benzene rings is 1. The van der Waals surface area contributed by atoms with Crippen LogP contribution in [-0.2, 0) is 14.3 Å². The molecule has 0 spiro atoms. The van der Waals surface area contributed by atoms with Gasteiger partial charge in [-0.25, -0.2) is 0 Å². The van der Waals surface area contributed by atoms with E-state index in [1.807, 2.05) is 0 Å². The molecule has 0 aromatic heterocycles. The molecule has 0 fully saturated rings. The zero-order valence-electron chi connectivity index (χ0n) is 10.2. The van der Waals surface area contributed by atoms with E-state index >= 15 is 0 Å². The highest BCUT2D eigenvalue weighted by atomic mass is 16.5. The van der Waals surface area contributed by atoms with Gasteiger partial charge in [0.15, 0.2) is 12.4 Å². The largest absolute Gasteiger partial charge is 0.480 e. The van der Waals surface area contributed by atoms with Crippen LogP contribution in [0.15, 0.2) is 30.3 Å². The van der Waals surface area contributed by atoms with Gasteiger partial charge in [-0.15, -0.1) is 0 Å². The Hall–Kier alpha value is -2.21. The smallest absolute Gasteiger partial charge is 0.320 e. The van der Waals surface area contributed by atoms with E-state index in [4.69, 9.17) is 15.6 Å². The Kier molecular flexibility index (Phi) is 5.69. The Morgan fingerprint density at radius 3 is 2.42 bits per heavy atom. The maximum absolute atomic E-state index is 11.6. The first-order valence-electron chi connectivity index (χ1n) is 5.73. The summed E-state index contributed by atoms with van der Waals surface area (Å²) in [7, 11) is 0. The van der Waals surface area contributed by atoms with Crippen molar-refractivity contribution in [1.82, 2.24) is 0 Å². The average Bonchev–Trinajstić information content (AvgIpc) is 2.42. The first kappa shape index (κ1) is 14.8. The summed E-state index contributed by atoms with van der Waals surface area (Å²) in [4.78, 5) is 33.3. The highest BCUT2D eigenvalue weighted by Crippen LogP contribution is 2.02. The minimum atomic E-state index is -1.17. The van der Waals surface area contributed by atoms with Gasteiger partial charge in [0.1, 0.15) is 6.04 Å². The Balaban J connectivity index is 2.31. The molecule has 0 heterocycles. The van der Waals surface area contributed by atoms with Crippen molar-refractivity contribution in [3.63, 3.8) is 0 Å². The molecule has 0 amide bonds. The van der Waals surface area contributed by atoms with E-state index in [0.717, 1.165) is 0 Å². The molecule has 1 atom stereocenters. The number of esters is 1. The molecular weight excluding hydrogens is 250 g/mol. The summed E-state index contributed by atoms with van der Waals surface area (Å²) in [5, 5.41) is 8.53. The number of Topliss-reactive ketones (excluding diaryl/α,β-unsaturated/α-hetero) is 1. The minimum absolute atomic E-state index is 0.0201. The molecule has 1 aromatic carbocycles. The van der Waals surface area contributed by atoms with E-state index in [1.54, 1.807) is 30.3 Å². The van der Waals surface area contributed by atoms with E-state index in [1.165, 1.54) is 0 Å². The third kappa shape index (κ3) is 5.31. The van der Waals surface area contributed by atoms with E-state index in [0.29, 0.717) is 5.56 Å². The molecular formula is C13H15NO5. The molecule has 0 aliphatic rings. The first-order valence-corrected chi connectivity index (χ1v) is 5.73. The van der Waals surface area contributed by atoms with E-state index in [2.05, 4.69) is 0 Å². The number of ketones is 1. The molecule has 1 rings (SSSR count). The van der Waals surface area contributed by atoms with Crippen molar-refractivity contribution in [2.45, 2.75) is 18.9 Å². The van der Waals surface area contributed by atoms with Gasteiger partial charge in [-0.05, 0) is 6.42 Å². The number of hydrogen-bond acceptors (Lipinski definition) is 5. The van der Waals surface area contributed by atoms with Crippen molar-refractivity contribution >= 4 is 17.7 Å². The van der Waals surface area contributed by atoms with Crippen molar-refractivity contribution in [3.8, 4) is 0 Å². The molecule has 0 saturated carbocycles. The van der Waals surface area contributed by atoms with Crippen LogP contribution in [0.1, 0.15) is 23.2 Å². The lowest BCUT2D eigenvalue weighted by atomic mass is 10.1. The van der Waals surface area contributed by atoms with Crippen LogP contribution in [0.5, 0.6) is 0 Å². The number of carboxylic acid groups (broad SMARTS) is 1. The van der Waals surface area contributed by atoms with Crippen LogP contribution in [0.3, 0.4) is 0 Å². The topological polar surface area (TPSA) is 107 Å². The van der Waals surface area contributed by atoms with Gasteiger partial charge >= 0.3 is 11.9 Å². The predicted molar refractivity (Wildman–Crippen MR) is 66.6 cm³/mol. The van der Waals surface area contributed by atoms with Crippen molar-refractivity contribution in [1.29, 1.82) is 0 Å². The molecule has 0 bridgehead atoms. The van der Waals surface area contributed by atoms with Crippen LogP contribution in [0, 0.1) is 0 Å².